The Kier molecular flexibility index (Phi) is 4.74. The molecule has 102 valence electrons. The molecule has 2 rings (SSSR count). The van der Waals surface area contributed by atoms with Crippen LogP contribution in [0.1, 0.15) is 36.1 Å². The first-order chi connectivity index (χ1) is 9.16. The van der Waals surface area contributed by atoms with Crippen LogP contribution in [0.3, 0.4) is 0 Å². The van der Waals surface area contributed by atoms with Gasteiger partial charge in [-0.05, 0) is 44.9 Å². The summed E-state index contributed by atoms with van der Waals surface area (Å²) in [5.41, 5.74) is 4.09. The third kappa shape index (κ3) is 3.93. The van der Waals surface area contributed by atoms with Crippen LogP contribution in [0.4, 0.5) is 0 Å². The molecule has 0 spiro atoms. The molecule has 0 saturated carbocycles. The van der Waals surface area contributed by atoms with Crippen molar-refractivity contribution >= 4 is 0 Å². The van der Waals surface area contributed by atoms with E-state index in [1.165, 1.54) is 16.7 Å². The van der Waals surface area contributed by atoms with Gasteiger partial charge in [0.05, 0.1) is 6.33 Å². The Balaban J connectivity index is 1.79. The van der Waals surface area contributed by atoms with Crippen molar-refractivity contribution in [3.8, 4) is 0 Å². The maximum atomic E-state index is 4.05. The molecule has 1 atom stereocenters. The molecule has 0 radical (unpaired) electrons. The van der Waals surface area contributed by atoms with Gasteiger partial charge >= 0.3 is 0 Å². The topological polar surface area (TPSA) is 29.9 Å². The largest absolute Gasteiger partial charge is 0.337 e. The van der Waals surface area contributed by atoms with Crippen molar-refractivity contribution in [3.63, 3.8) is 0 Å². The van der Waals surface area contributed by atoms with Gasteiger partial charge in [0, 0.05) is 25.0 Å². The van der Waals surface area contributed by atoms with E-state index in [2.05, 4.69) is 53.8 Å². The third-order valence-corrected chi connectivity index (χ3v) is 3.49. The van der Waals surface area contributed by atoms with Crippen LogP contribution in [-0.2, 0) is 6.54 Å². The van der Waals surface area contributed by atoms with Gasteiger partial charge in [-0.25, -0.2) is 4.98 Å². The Labute approximate surface area is 115 Å². The van der Waals surface area contributed by atoms with Gasteiger partial charge in [-0.15, -0.1) is 0 Å². The molecule has 2 aromatic rings. The number of nitrogens with one attached hydrogen (secondary N) is 1. The fourth-order valence-electron chi connectivity index (χ4n) is 2.42. The van der Waals surface area contributed by atoms with E-state index < -0.39 is 0 Å². The summed E-state index contributed by atoms with van der Waals surface area (Å²) in [5, 5.41) is 3.59. The first kappa shape index (κ1) is 13.8. The zero-order valence-corrected chi connectivity index (χ0v) is 12.1. The molecule has 0 aliphatic heterocycles. The Bertz CT molecular complexity index is 503. The SMILES string of the molecule is Cc1ccc(C(C)NCCCn2ccnc2)c(C)c1. The lowest BCUT2D eigenvalue weighted by atomic mass is 10.0. The van der Waals surface area contributed by atoms with Crippen molar-refractivity contribution in [1.82, 2.24) is 14.9 Å². The molecular formula is C16H23N3. The average molecular weight is 257 g/mol. The Hall–Kier alpha value is -1.61. The molecule has 3 nitrogen and oxygen atoms in total. The maximum Gasteiger partial charge on any atom is 0.0945 e. The average Bonchev–Trinajstić information content (AvgIpc) is 2.87. The molecule has 1 N–H and O–H groups in total. The number of imidazole rings is 1. The normalized spacial score (nSPS) is 12.6. The van der Waals surface area contributed by atoms with E-state index in [1.807, 2.05) is 18.7 Å². The van der Waals surface area contributed by atoms with E-state index in [-0.39, 0.29) is 0 Å². The number of aromatic nitrogens is 2. The van der Waals surface area contributed by atoms with Gasteiger partial charge in [0.2, 0.25) is 0 Å². The van der Waals surface area contributed by atoms with Gasteiger partial charge in [-0.1, -0.05) is 23.8 Å². The molecule has 0 aliphatic carbocycles. The van der Waals surface area contributed by atoms with Gasteiger partial charge in [0.15, 0.2) is 0 Å². The van der Waals surface area contributed by atoms with Crippen LogP contribution in [0.2, 0.25) is 0 Å². The van der Waals surface area contributed by atoms with Crippen LogP contribution in [0.15, 0.2) is 36.9 Å². The van der Waals surface area contributed by atoms with Crippen LogP contribution in [0.25, 0.3) is 0 Å². The number of hydrogen-bond donors (Lipinski definition) is 1. The summed E-state index contributed by atoms with van der Waals surface area (Å²) in [5.74, 6) is 0. The standard InChI is InChI=1S/C16H23N3/c1-13-5-6-16(14(2)11-13)15(3)18-7-4-9-19-10-8-17-12-19/h5-6,8,10-12,15,18H,4,7,9H2,1-3H3. The number of rotatable bonds is 6. The van der Waals surface area contributed by atoms with E-state index in [9.17, 15) is 0 Å². The molecule has 0 saturated heterocycles. The zero-order valence-electron chi connectivity index (χ0n) is 12.1. The highest BCUT2D eigenvalue weighted by atomic mass is 15.0. The molecular weight excluding hydrogens is 234 g/mol. The minimum atomic E-state index is 0.406. The molecule has 0 amide bonds. The summed E-state index contributed by atoms with van der Waals surface area (Å²) in [6.07, 6.45) is 6.82. The molecule has 1 heterocycles. The fourth-order valence-corrected chi connectivity index (χ4v) is 2.42. The first-order valence-electron chi connectivity index (χ1n) is 6.93. The lowest BCUT2D eigenvalue weighted by Gasteiger charge is -2.17. The summed E-state index contributed by atoms with van der Waals surface area (Å²) in [4.78, 5) is 4.05. The molecule has 1 unspecified atom stereocenters. The maximum absolute atomic E-state index is 4.05. The van der Waals surface area contributed by atoms with Crippen LogP contribution in [-0.4, -0.2) is 16.1 Å². The lowest BCUT2D eigenvalue weighted by molar-refractivity contribution is 0.525. The summed E-state index contributed by atoms with van der Waals surface area (Å²) in [7, 11) is 0. The molecule has 1 aromatic heterocycles. The molecule has 0 bridgehead atoms. The second kappa shape index (κ2) is 6.53. The van der Waals surface area contributed by atoms with Crippen molar-refractivity contribution in [2.75, 3.05) is 6.54 Å². The van der Waals surface area contributed by atoms with Crippen LogP contribution < -0.4 is 5.32 Å². The minimum Gasteiger partial charge on any atom is -0.337 e. The van der Waals surface area contributed by atoms with Gasteiger partial charge in [-0.2, -0.15) is 0 Å². The van der Waals surface area contributed by atoms with Gasteiger partial charge in [0.1, 0.15) is 0 Å². The number of benzene rings is 1. The number of aryl methyl sites for hydroxylation is 3. The minimum absolute atomic E-state index is 0.406. The number of hydrogen-bond acceptors (Lipinski definition) is 2. The fraction of sp³-hybridized carbons (Fsp3) is 0.438. The molecule has 0 fully saturated rings. The molecule has 3 heteroatoms. The summed E-state index contributed by atoms with van der Waals surface area (Å²) in [6.45, 7) is 8.60. The number of nitrogens with zero attached hydrogens (tertiary/aromatic N) is 2. The van der Waals surface area contributed by atoms with Gasteiger partial charge in [-0.3, -0.25) is 0 Å². The van der Waals surface area contributed by atoms with Crippen molar-refractivity contribution in [2.45, 2.75) is 39.8 Å². The molecule has 1 aromatic carbocycles. The van der Waals surface area contributed by atoms with Gasteiger partial charge < -0.3 is 9.88 Å². The smallest absolute Gasteiger partial charge is 0.0945 e. The van der Waals surface area contributed by atoms with Crippen molar-refractivity contribution in [3.05, 3.63) is 53.6 Å². The van der Waals surface area contributed by atoms with Crippen molar-refractivity contribution in [1.29, 1.82) is 0 Å². The van der Waals surface area contributed by atoms with Crippen LogP contribution in [0.5, 0.6) is 0 Å². The van der Waals surface area contributed by atoms with Crippen LogP contribution >= 0.6 is 0 Å². The molecule has 0 aliphatic rings. The Morgan fingerprint density at radius 3 is 2.84 bits per heavy atom. The zero-order chi connectivity index (χ0) is 13.7. The summed E-state index contributed by atoms with van der Waals surface area (Å²) in [6, 6.07) is 7.08. The first-order valence-corrected chi connectivity index (χ1v) is 6.93. The predicted molar refractivity (Wildman–Crippen MR) is 79.2 cm³/mol. The Morgan fingerprint density at radius 1 is 1.32 bits per heavy atom. The van der Waals surface area contributed by atoms with E-state index in [1.54, 1.807) is 0 Å². The Morgan fingerprint density at radius 2 is 2.16 bits per heavy atom. The highest BCUT2D eigenvalue weighted by Gasteiger charge is 2.07. The van der Waals surface area contributed by atoms with E-state index in [4.69, 9.17) is 0 Å². The molecule has 19 heavy (non-hydrogen) atoms. The van der Waals surface area contributed by atoms with Crippen molar-refractivity contribution < 1.29 is 0 Å². The summed E-state index contributed by atoms with van der Waals surface area (Å²) >= 11 is 0. The predicted octanol–water partition coefficient (Wildman–Crippen LogP) is 3.24. The second-order valence-electron chi connectivity index (χ2n) is 5.19. The monoisotopic (exact) mass is 257 g/mol. The van der Waals surface area contributed by atoms with Crippen molar-refractivity contribution in [2.24, 2.45) is 0 Å². The van der Waals surface area contributed by atoms with Crippen LogP contribution in [0, 0.1) is 13.8 Å². The highest BCUT2D eigenvalue weighted by Crippen LogP contribution is 2.18. The van der Waals surface area contributed by atoms with E-state index in [0.717, 1.165) is 19.5 Å². The van der Waals surface area contributed by atoms with Gasteiger partial charge in [0.25, 0.3) is 0 Å². The van der Waals surface area contributed by atoms with E-state index >= 15 is 0 Å². The summed E-state index contributed by atoms with van der Waals surface area (Å²) < 4.78 is 2.11. The third-order valence-electron chi connectivity index (χ3n) is 3.49. The quantitative estimate of drug-likeness (QED) is 0.805. The van der Waals surface area contributed by atoms with E-state index in [0.29, 0.717) is 6.04 Å². The lowest BCUT2D eigenvalue weighted by Crippen LogP contribution is -2.21. The second-order valence-corrected chi connectivity index (χ2v) is 5.19. The highest BCUT2D eigenvalue weighted by molar-refractivity contribution is 5.32.